The number of rotatable bonds is 1. The van der Waals surface area contributed by atoms with E-state index in [9.17, 15) is 9.59 Å². The van der Waals surface area contributed by atoms with Crippen LogP contribution in [0.25, 0.3) is 0 Å². The van der Waals surface area contributed by atoms with E-state index in [0.717, 1.165) is 20.6 Å². The van der Waals surface area contributed by atoms with Gasteiger partial charge in [-0.25, -0.2) is 9.59 Å². The fourth-order valence-electron chi connectivity index (χ4n) is 4.04. The second-order valence-corrected chi connectivity index (χ2v) is 11.5. The number of nitrogens with zero attached hydrogens (tertiary/aromatic N) is 2. The molecule has 2 atom stereocenters. The summed E-state index contributed by atoms with van der Waals surface area (Å²) in [5, 5.41) is 0. The van der Waals surface area contributed by atoms with Crippen LogP contribution >= 0.6 is 27.7 Å². The van der Waals surface area contributed by atoms with Crippen LogP contribution < -0.4 is 4.90 Å². The zero-order valence-corrected chi connectivity index (χ0v) is 21.1. The second-order valence-electron chi connectivity index (χ2n) is 9.79. The van der Waals surface area contributed by atoms with Gasteiger partial charge in [-0.1, -0.05) is 15.9 Å². The van der Waals surface area contributed by atoms with E-state index in [1.54, 1.807) is 16.7 Å². The molecule has 2 aliphatic rings. The number of hydrogen-bond donors (Lipinski definition) is 0. The molecule has 2 aliphatic heterocycles. The van der Waals surface area contributed by atoms with Crippen LogP contribution in [0.5, 0.6) is 0 Å². The number of fused-ring (bicyclic) bond motifs is 3. The predicted octanol–water partition coefficient (Wildman–Crippen LogP) is 6.02. The Bertz CT molecular complexity index is 847. The standard InChI is InChI=1S/C22H31BrN2O4S/c1-21(2,3)28-19(26)24-9-8-16-15(12-24)14-10-13(23)11-17(30-7)18(14)25(16)20(27)29-22(4,5)6/h10-11,15-16H,8-9,12H2,1-7H3/t15-,16-/m1/s1. The number of anilines is 1. The van der Waals surface area contributed by atoms with Gasteiger partial charge in [0.25, 0.3) is 0 Å². The molecule has 0 radical (unpaired) electrons. The van der Waals surface area contributed by atoms with Crippen LogP contribution in [0.4, 0.5) is 15.3 Å². The summed E-state index contributed by atoms with van der Waals surface area (Å²) in [5.41, 5.74) is 0.847. The Hall–Kier alpha value is -1.41. The number of hydrogen-bond acceptors (Lipinski definition) is 5. The molecule has 0 saturated carbocycles. The van der Waals surface area contributed by atoms with Crippen LogP contribution in [0.1, 0.15) is 59.4 Å². The summed E-state index contributed by atoms with van der Waals surface area (Å²) in [6.45, 7) is 12.3. The summed E-state index contributed by atoms with van der Waals surface area (Å²) in [7, 11) is 0. The van der Waals surface area contributed by atoms with E-state index in [1.165, 1.54) is 0 Å². The maximum absolute atomic E-state index is 13.2. The highest BCUT2D eigenvalue weighted by Gasteiger charge is 2.48. The van der Waals surface area contributed by atoms with Gasteiger partial charge in [0.1, 0.15) is 11.2 Å². The summed E-state index contributed by atoms with van der Waals surface area (Å²) in [4.78, 5) is 30.5. The van der Waals surface area contributed by atoms with Gasteiger partial charge >= 0.3 is 12.2 Å². The summed E-state index contributed by atoms with van der Waals surface area (Å²) in [6, 6.07) is 4.05. The molecule has 2 heterocycles. The lowest BCUT2D eigenvalue weighted by atomic mass is 9.89. The monoisotopic (exact) mass is 498 g/mol. The van der Waals surface area contributed by atoms with Gasteiger partial charge in [-0.2, -0.15) is 0 Å². The number of carbonyl (C=O) groups is 2. The quantitative estimate of drug-likeness (QED) is 0.443. The molecule has 0 spiro atoms. The van der Waals surface area contributed by atoms with Gasteiger partial charge in [0.15, 0.2) is 0 Å². The number of ether oxygens (including phenoxy) is 2. The Morgan fingerprint density at radius 1 is 1.07 bits per heavy atom. The highest BCUT2D eigenvalue weighted by atomic mass is 79.9. The zero-order chi connectivity index (χ0) is 22.4. The highest BCUT2D eigenvalue weighted by Crippen LogP contribution is 2.50. The molecule has 1 aromatic carbocycles. The number of benzene rings is 1. The van der Waals surface area contributed by atoms with Crippen molar-refractivity contribution in [2.24, 2.45) is 0 Å². The molecule has 1 saturated heterocycles. The van der Waals surface area contributed by atoms with Gasteiger partial charge in [0.2, 0.25) is 0 Å². The first-order chi connectivity index (χ1) is 13.8. The summed E-state index contributed by atoms with van der Waals surface area (Å²) < 4.78 is 12.3. The molecule has 2 amide bonds. The summed E-state index contributed by atoms with van der Waals surface area (Å²) >= 11 is 5.21. The third-order valence-electron chi connectivity index (χ3n) is 5.08. The van der Waals surface area contributed by atoms with E-state index >= 15 is 0 Å². The number of thioether (sulfide) groups is 1. The Labute approximate surface area is 191 Å². The number of amides is 2. The molecule has 0 unspecified atom stereocenters. The van der Waals surface area contributed by atoms with Crippen molar-refractivity contribution in [2.75, 3.05) is 24.2 Å². The fourth-order valence-corrected chi connectivity index (χ4v) is 5.32. The van der Waals surface area contributed by atoms with Gasteiger partial charge in [0, 0.05) is 28.4 Å². The van der Waals surface area contributed by atoms with Crippen LogP contribution in [-0.4, -0.2) is 53.7 Å². The Balaban J connectivity index is 1.98. The van der Waals surface area contributed by atoms with Crippen molar-refractivity contribution in [1.29, 1.82) is 0 Å². The lowest BCUT2D eigenvalue weighted by Gasteiger charge is -2.38. The lowest BCUT2D eigenvalue weighted by Crippen LogP contribution is -2.51. The van der Waals surface area contributed by atoms with E-state index in [0.29, 0.717) is 19.5 Å². The molecular formula is C22H31BrN2O4S. The number of carbonyl (C=O) groups excluding carboxylic acids is 2. The zero-order valence-electron chi connectivity index (χ0n) is 18.7. The normalized spacial score (nSPS) is 21.2. The van der Waals surface area contributed by atoms with Crippen molar-refractivity contribution in [3.63, 3.8) is 0 Å². The topological polar surface area (TPSA) is 59.1 Å². The van der Waals surface area contributed by atoms with Gasteiger partial charge in [0.05, 0.1) is 11.7 Å². The Kier molecular flexibility index (Phi) is 6.41. The largest absolute Gasteiger partial charge is 0.444 e. The van der Waals surface area contributed by atoms with E-state index in [2.05, 4.69) is 22.0 Å². The van der Waals surface area contributed by atoms with Crippen molar-refractivity contribution in [2.45, 2.75) is 76.0 Å². The number of halogens is 1. The molecule has 166 valence electrons. The van der Waals surface area contributed by atoms with Crippen molar-refractivity contribution < 1.29 is 19.1 Å². The molecular weight excluding hydrogens is 468 g/mol. The molecule has 8 heteroatoms. The molecule has 0 N–H and O–H groups in total. The average molecular weight is 499 g/mol. The van der Waals surface area contributed by atoms with Gasteiger partial charge in [-0.15, -0.1) is 11.8 Å². The molecule has 3 rings (SSSR count). The van der Waals surface area contributed by atoms with E-state index in [-0.39, 0.29) is 24.1 Å². The molecule has 0 aliphatic carbocycles. The van der Waals surface area contributed by atoms with Crippen LogP contribution in [0.2, 0.25) is 0 Å². The van der Waals surface area contributed by atoms with Crippen molar-refractivity contribution in [3.05, 3.63) is 22.2 Å². The molecule has 6 nitrogen and oxygen atoms in total. The summed E-state index contributed by atoms with van der Waals surface area (Å²) in [6.07, 6.45) is 2.03. The number of likely N-dealkylation sites (tertiary alicyclic amines) is 1. The second kappa shape index (κ2) is 8.26. The molecule has 0 aromatic heterocycles. The first-order valence-corrected chi connectivity index (χ1v) is 12.2. The maximum atomic E-state index is 13.2. The number of piperidine rings is 1. The van der Waals surface area contributed by atoms with Crippen LogP contribution in [0, 0.1) is 0 Å². The Morgan fingerprint density at radius 3 is 2.23 bits per heavy atom. The van der Waals surface area contributed by atoms with Crippen LogP contribution in [-0.2, 0) is 9.47 Å². The van der Waals surface area contributed by atoms with Crippen molar-refractivity contribution in [3.8, 4) is 0 Å². The smallest absolute Gasteiger partial charge is 0.415 e. The fraction of sp³-hybridized carbons (Fsp3) is 0.636. The van der Waals surface area contributed by atoms with Crippen molar-refractivity contribution in [1.82, 2.24) is 4.90 Å². The average Bonchev–Trinajstić information content (AvgIpc) is 2.91. The predicted molar refractivity (Wildman–Crippen MR) is 124 cm³/mol. The molecule has 0 bridgehead atoms. The molecule has 1 fully saturated rings. The maximum Gasteiger partial charge on any atom is 0.415 e. The van der Waals surface area contributed by atoms with E-state index in [1.807, 2.05) is 58.8 Å². The lowest BCUT2D eigenvalue weighted by molar-refractivity contribution is 0.0185. The minimum absolute atomic E-state index is 0.0113. The first kappa shape index (κ1) is 23.3. The Morgan fingerprint density at radius 2 is 1.67 bits per heavy atom. The van der Waals surface area contributed by atoms with Gasteiger partial charge in [-0.3, -0.25) is 4.90 Å². The van der Waals surface area contributed by atoms with Crippen LogP contribution in [0.15, 0.2) is 21.5 Å². The molecule has 30 heavy (non-hydrogen) atoms. The minimum Gasteiger partial charge on any atom is -0.444 e. The minimum atomic E-state index is -0.582. The summed E-state index contributed by atoms with van der Waals surface area (Å²) in [5.74, 6) is 0.0113. The van der Waals surface area contributed by atoms with Crippen LogP contribution in [0.3, 0.4) is 0 Å². The van der Waals surface area contributed by atoms with Gasteiger partial charge in [-0.05, 0) is 71.9 Å². The van der Waals surface area contributed by atoms with Crippen molar-refractivity contribution >= 4 is 45.6 Å². The first-order valence-electron chi connectivity index (χ1n) is 10.2. The van der Waals surface area contributed by atoms with E-state index < -0.39 is 11.2 Å². The third kappa shape index (κ3) is 4.90. The molecule has 1 aromatic rings. The van der Waals surface area contributed by atoms with E-state index in [4.69, 9.17) is 9.47 Å². The van der Waals surface area contributed by atoms with Gasteiger partial charge < -0.3 is 14.4 Å². The SMILES string of the molecule is CSc1cc(Br)cc2c1N(C(=O)OC(C)(C)C)[C@@H]1CCN(C(=O)OC(C)(C)C)C[C@H]21. The highest BCUT2D eigenvalue weighted by molar-refractivity contribution is 9.10. The third-order valence-corrected chi connectivity index (χ3v) is 6.29.